The average Bonchev–Trinajstić information content (AvgIpc) is 2.30. The molecule has 0 bridgehead atoms. The Kier molecular flexibility index (Phi) is 9.36. The monoisotopic (exact) mass is 275 g/mol. The van der Waals surface area contributed by atoms with Gasteiger partial charge in [-0.2, -0.15) is 0 Å². The summed E-state index contributed by atoms with van der Waals surface area (Å²) in [6.07, 6.45) is 6.19. The first-order valence-corrected chi connectivity index (χ1v) is 7.93. The Hall–Kier alpha value is -0.420. The van der Waals surface area contributed by atoms with Gasteiger partial charge in [0.15, 0.2) is 0 Å². The quantitative estimate of drug-likeness (QED) is 0.323. The lowest BCUT2D eigenvalue weighted by Gasteiger charge is -2.14. The lowest BCUT2D eigenvalue weighted by Crippen LogP contribution is -2.24. The molecule has 0 heterocycles. The summed E-state index contributed by atoms with van der Waals surface area (Å²) in [5.41, 5.74) is 0. The van der Waals surface area contributed by atoms with Crippen molar-refractivity contribution in [3.05, 3.63) is 12.7 Å². The van der Waals surface area contributed by atoms with Gasteiger partial charge in [-0.25, -0.2) is 4.79 Å². The number of carbonyl (C=O) groups excluding carboxylic acids is 1. The van der Waals surface area contributed by atoms with E-state index in [2.05, 4.69) is 25.4 Å². The van der Waals surface area contributed by atoms with E-state index < -0.39 is 6.04 Å². The first-order chi connectivity index (χ1) is 8.04. The fourth-order valence-corrected chi connectivity index (χ4v) is 2.33. The molecule has 17 heavy (non-hydrogen) atoms. The molecule has 0 radical (unpaired) electrons. The van der Waals surface area contributed by atoms with Crippen molar-refractivity contribution in [2.75, 3.05) is 19.1 Å². The molecule has 3 nitrogen and oxygen atoms in total. The number of carbonyl (C=O) groups is 1. The minimum Gasteiger partial charge on any atom is -0.460 e. The molecule has 0 fully saturated rings. The molecule has 0 aromatic carbocycles. The highest BCUT2D eigenvalue weighted by molar-refractivity contribution is 8.38. The van der Waals surface area contributed by atoms with E-state index in [-0.39, 0.29) is 12.6 Å². The molecular weight excluding hydrogens is 254 g/mol. The van der Waals surface area contributed by atoms with Crippen LogP contribution in [-0.4, -0.2) is 35.5 Å². The molecule has 1 atom stereocenters. The normalized spacial score (nSPS) is 12.1. The Balaban J connectivity index is 4.67. The number of nitrogens with zero attached hydrogens (tertiary/aromatic N) is 1. The van der Waals surface area contributed by atoms with Crippen LogP contribution in [0.1, 0.15) is 20.3 Å². The van der Waals surface area contributed by atoms with Gasteiger partial charge in [0, 0.05) is 0 Å². The van der Waals surface area contributed by atoms with Crippen LogP contribution in [0.5, 0.6) is 0 Å². The van der Waals surface area contributed by atoms with E-state index in [1.807, 2.05) is 12.5 Å². The molecule has 0 aliphatic carbocycles. The fourth-order valence-electron chi connectivity index (χ4n) is 1.20. The van der Waals surface area contributed by atoms with Crippen LogP contribution in [0, 0.1) is 5.92 Å². The number of ether oxygens (including phenoxy) is 1. The minimum absolute atomic E-state index is 0.247. The van der Waals surface area contributed by atoms with Crippen LogP contribution in [0.4, 0.5) is 0 Å². The average molecular weight is 275 g/mol. The van der Waals surface area contributed by atoms with Gasteiger partial charge in [0.1, 0.15) is 17.0 Å². The number of hydrogen-bond donors (Lipinski definition) is 0. The summed E-state index contributed by atoms with van der Waals surface area (Å²) in [6, 6.07) is -0.398. The van der Waals surface area contributed by atoms with Crippen molar-refractivity contribution in [2.45, 2.75) is 26.3 Å². The summed E-state index contributed by atoms with van der Waals surface area (Å²) >= 11 is 3.10. The van der Waals surface area contributed by atoms with Gasteiger partial charge in [0.25, 0.3) is 0 Å². The van der Waals surface area contributed by atoms with E-state index in [9.17, 15) is 4.79 Å². The van der Waals surface area contributed by atoms with Gasteiger partial charge < -0.3 is 4.74 Å². The number of esters is 1. The fraction of sp³-hybridized carbons (Fsp3) is 0.667. The maximum atomic E-state index is 11.8. The van der Waals surface area contributed by atoms with Crippen molar-refractivity contribution in [1.82, 2.24) is 0 Å². The smallest absolute Gasteiger partial charge is 0.331 e. The van der Waals surface area contributed by atoms with Crippen molar-refractivity contribution < 1.29 is 9.53 Å². The number of hydrogen-bond acceptors (Lipinski definition) is 5. The summed E-state index contributed by atoms with van der Waals surface area (Å²) < 4.78 is 5.97. The van der Waals surface area contributed by atoms with Gasteiger partial charge in [-0.05, 0) is 24.9 Å². The van der Waals surface area contributed by atoms with Crippen LogP contribution >= 0.6 is 23.5 Å². The second kappa shape index (κ2) is 9.59. The van der Waals surface area contributed by atoms with E-state index in [0.29, 0.717) is 12.3 Å². The Morgan fingerprint density at radius 2 is 2.00 bits per heavy atom. The topological polar surface area (TPSA) is 38.7 Å². The zero-order chi connectivity index (χ0) is 13.3. The van der Waals surface area contributed by atoms with Crippen LogP contribution < -0.4 is 0 Å². The summed E-state index contributed by atoms with van der Waals surface area (Å²) in [5.74, 6) is 0.143. The molecule has 0 saturated carbocycles. The van der Waals surface area contributed by atoms with E-state index in [0.717, 1.165) is 4.38 Å². The minimum atomic E-state index is -0.398. The van der Waals surface area contributed by atoms with Gasteiger partial charge in [-0.15, -0.1) is 23.5 Å². The summed E-state index contributed by atoms with van der Waals surface area (Å²) in [5, 5.41) is 0. The van der Waals surface area contributed by atoms with Crippen LogP contribution in [0.25, 0.3) is 0 Å². The first-order valence-electron chi connectivity index (χ1n) is 5.48. The summed E-state index contributed by atoms with van der Waals surface area (Å²) in [6.45, 7) is 7.91. The highest BCUT2D eigenvalue weighted by atomic mass is 32.2. The third-order valence-corrected chi connectivity index (χ3v) is 3.83. The Bertz CT molecular complexity index is 272. The largest absolute Gasteiger partial charge is 0.460 e. The third-order valence-electron chi connectivity index (χ3n) is 1.92. The van der Waals surface area contributed by atoms with Crippen molar-refractivity contribution in [3.8, 4) is 0 Å². The lowest BCUT2D eigenvalue weighted by atomic mass is 10.0. The summed E-state index contributed by atoms with van der Waals surface area (Å²) in [7, 11) is 0. The van der Waals surface area contributed by atoms with Crippen LogP contribution in [0.2, 0.25) is 0 Å². The molecule has 0 amide bonds. The predicted octanol–water partition coefficient (Wildman–Crippen LogP) is 3.21. The molecule has 0 rings (SSSR count). The van der Waals surface area contributed by atoms with Crippen LogP contribution in [0.3, 0.4) is 0 Å². The van der Waals surface area contributed by atoms with Gasteiger partial charge in [-0.1, -0.05) is 26.5 Å². The first kappa shape index (κ1) is 16.6. The zero-order valence-corrected chi connectivity index (χ0v) is 12.6. The molecule has 5 heteroatoms. The second-order valence-electron chi connectivity index (χ2n) is 3.87. The van der Waals surface area contributed by atoms with Crippen molar-refractivity contribution in [2.24, 2.45) is 10.9 Å². The Labute approximate surface area is 112 Å². The van der Waals surface area contributed by atoms with Crippen molar-refractivity contribution >= 4 is 33.9 Å². The summed E-state index contributed by atoms with van der Waals surface area (Å²) in [4.78, 5) is 16.2. The van der Waals surface area contributed by atoms with Crippen molar-refractivity contribution in [3.63, 3.8) is 0 Å². The van der Waals surface area contributed by atoms with Gasteiger partial charge in [-0.3, -0.25) is 4.99 Å². The van der Waals surface area contributed by atoms with Crippen LogP contribution in [-0.2, 0) is 9.53 Å². The number of aliphatic imine (C=N–C) groups is 1. The standard InChI is InChI=1S/C12H21NO2S2/c1-6-7-15-11(14)10(8-9(2)3)13-12(16-4)17-5/h6,9-10H,1,7-8H2,2-5H3/t10-/m0/s1. The van der Waals surface area contributed by atoms with Gasteiger partial charge in [0.2, 0.25) is 0 Å². The van der Waals surface area contributed by atoms with E-state index in [4.69, 9.17) is 4.74 Å². The SMILES string of the molecule is C=CCOC(=O)[C@H](CC(C)C)N=C(SC)SC. The van der Waals surface area contributed by atoms with Crippen LogP contribution in [0.15, 0.2) is 17.6 Å². The lowest BCUT2D eigenvalue weighted by molar-refractivity contribution is -0.144. The number of rotatable bonds is 6. The molecule has 0 spiro atoms. The molecule has 0 unspecified atom stereocenters. The third kappa shape index (κ3) is 7.49. The maximum absolute atomic E-state index is 11.8. The zero-order valence-electron chi connectivity index (χ0n) is 10.9. The molecular formula is C12H21NO2S2. The molecule has 98 valence electrons. The molecule has 0 aromatic heterocycles. The number of thioether (sulfide) groups is 2. The second-order valence-corrected chi connectivity index (χ2v) is 5.72. The van der Waals surface area contributed by atoms with Crippen molar-refractivity contribution in [1.29, 1.82) is 0 Å². The molecule has 0 aliphatic rings. The van der Waals surface area contributed by atoms with Gasteiger partial charge in [0.05, 0.1) is 0 Å². The Morgan fingerprint density at radius 3 is 2.41 bits per heavy atom. The molecule has 0 saturated heterocycles. The molecule has 0 aromatic rings. The molecule has 0 aliphatic heterocycles. The van der Waals surface area contributed by atoms with E-state index in [1.54, 1.807) is 29.6 Å². The van der Waals surface area contributed by atoms with E-state index >= 15 is 0 Å². The highest BCUT2D eigenvalue weighted by Gasteiger charge is 2.20. The Morgan fingerprint density at radius 1 is 1.41 bits per heavy atom. The predicted molar refractivity (Wildman–Crippen MR) is 78.9 cm³/mol. The van der Waals surface area contributed by atoms with E-state index in [1.165, 1.54) is 0 Å². The highest BCUT2D eigenvalue weighted by Crippen LogP contribution is 2.17. The molecule has 0 N–H and O–H groups in total. The maximum Gasteiger partial charge on any atom is 0.331 e. The van der Waals surface area contributed by atoms with Gasteiger partial charge >= 0.3 is 5.97 Å².